The van der Waals surface area contributed by atoms with Gasteiger partial charge in [0, 0.05) is 12.1 Å². The van der Waals surface area contributed by atoms with Crippen molar-refractivity contribution in [2.24, 2.45) is 0 Å². The van der Waals surface area contributed by atoms with Crippen molar-refractivity contribution in [3.63, 3.8) is 0 Å². The lowest BCUT2D eigenvalue weighted by Crippen LogP contribution is -2.35. The second-order valence-corrected chi connectivity index (χ2v) is 2.99. The molecule has 1 aliphatic heterocycles. The smallest absolute Gasteiger partial charge is 0.276 e. The Kier molecular flexibility index (Phi) is 2.30. The highest BCUT2D eigenvalue weighted by atomic mass is 19.1. The first kappa shape index (κ1) is 9.53. The molecule has 1 aromatic carbocycles. The summed E-state index contributed by atoms with van der Waals surface area (Å²) in [7, 11) is 0. The zero-order chi connectivity index (χ0) is 10.8. The van der Waals surface area contributed by atoms with E-state index in [0.717, 1.165) is 0 Å². The molecule has 1 heterocycles. The number of ether oxygens (including phenoxy) is 1. The molecule has 1 amide bonds. The summed E-state index contributed by atoms with van der Waals surface area (Å²) in [4.78, 5) is 12.7. The zero-order valence-electron chi connectivity index (χ0n) is 8.08. The van der Waals surface area contributed by atoms with Crippen LogP contribution in [0.15, 0.2) is 18.2 Å². The van der Waals surface area contributed by atoms with Gasteiger partial charge in [0.15, 0.2) is 6.61 Å². The maximum absolute atomic E-state index is 12.9. The highest BCUT2D eigenvalue weighted by molar-refractivity contribution is 6.00. The van der Waals surface area contributed by atoms with Gasteiger partial charge in [0.05, 0.1) is 5.69 Å². The van der Waals surface area contributed by atoms with Crippen LogP contribution in [-0.2, 0) is 4.79 Å². The summed E-state index contributed by atoms with van der Waals surface area (Å²) in [5.74, 6) is 2.33. The van der Waals surface area contributed by atoms with Crippen molar-refractivity contribution in [2.75, 3.05) is 11.5 Å². The Bertz CT molecular complexity index is 473. The van der Waals surface area contributed by atoms with Gasteiger partial charge in [-0.2, -0.15) is 0 Å². The number of halogens is 1. The van der Waals surface area contributed by atoms with Gasteiger partial charge >= 0.3 is 0 Å². The number of amides is 1. The Morgan fingerprint density at radius 3 is 3.07 bits per heavy atom. The average molecular weight is 205 g/mol. The molecule has 0 unspecified atom stereocenters. The van der Waals surface area contributed by atoms with Crippen LogP contribution in [0, 0.1) is 17.8 Å². The number of nitrogens with zero attached hydrogens (tertiary/aromatic N) is 1. The van der Waals surface area contributed by atoms with Gasteiger partial charge in [-0.25, -0.2) is 9.29 Å². The molecule has 0 saturated carbocycles. The van der Waals surface area contributed by atoms with Crippen LogP contribution in [0.25, 0.3) is 0 Å². The van der Waals surface area contributed by atoms with E-state index < -0.39 is 5.82 Å². The number of hydrogen-bond acceptors (Lipinski definition) is 2. The number of anilines is 1. The molecule has 0 radical (unpaired) electrons. The van der Waals surface area contributed by atoms with E-state index in [-0.39, 0.29) is 12.5 Å². The third-order valence-corrected chi connectivity index (χ3v) is 1.99. The molecule has 4 heteroatoms. The maximum Gasteiger partial charge on any atom is 0.276 e. The van der Waals surface area contributed by atoms with Crippen LogP contribution in [0.1, 0.15) is 6.92 Å². The predicted molar refractivity (Wildman–Crippen MR) is 52.8 cm³/mol. The number of hydrogen-bond donors (Lipinski definition) is 0. The summed E-state index contributed by atoms with van der Waals surface area (Å²) < 4.78 is 18.0. The molecule has 76 valence electrons. The molecule has 15 heavy (non-hydrogen) atoms. The van der Waals surface area contributed by atoms with Crippen LogP contribution >= 0.6 is 0 Å². The monoisotopic (exact) mass is 205 g/mol. The minimum absolute atomic E-state index is 0.106. The Morgan fingerprint density at radius 1 is 1.53 bits per heavy atom. The summed E-state index contributed by atoms with van der Waals surface area (Å²) in [6.07, 6.45) is 0. The lowest BCUT2D eigenvalue weighted by Gasteiger charge is -2.24. The fourth-order valence-corrected chi connectivity index (χ4v) is 1.36. The normalized spacial score (nSPS) is 13.7. The molecule has 2 rings (SSSR count). The minimum atomic E-state index is -0.396. The van der Waals surface area contributed by atoms with Gasteiger partial charge in [-0.3, -0.25) is 4.79 Å². The van der Waals surface area contributed by atoms with E-state index in [1.54, 1.807) is 6.92 Å². The molecule has 0 N–H and O–H groups in total. The molecule has 0 fully saturated rings. The third kappa shape index (κ3) is 1.64. The van der Waals surface area contributed by atoms with Crippen LogP contribution in [0.5, 0.6) is 5.75 Å². The van der Waals surface area contributed by atoms with E-state index in [4.69, 9.17) is 4.74 Å². The largest absolute Gasteiger partial charge is 0.481 e. The van der Waals surface area contributed by atoms with Gasteiger partial charge in [0.2, 0.25) is 0 Å². The van der Waals surface area contributed by atoms with Crippen molar-refractivity contribution in [3.8, 4) is 17.7 Å². The molecule has 0 saturated heterocycles. The molecule has 1 aromatic rings. The summed E-state index contributed by atoms with van der Waals surface area (Å²) >= 11 is 0. The van der Waals surface area contributed by atoms with Crippen LogP contribution in [0.2, 0.25) is 0 Å². The quantitative estimate of drug-likeness (QED) is 0.601. The van der Waals surface area contributed by atoms with E-state index in [1.807, 2.05) is 0 Å². The van der Waals surface area contributed by atoms with Crippen LogP contribution in [-0.4, -0.2) is 12.5 Å². The summed E-state index contributed by atoms with van der Waals surface area (Å²) in [5, 5.41) is 0. The highest BCUT2D eigenvalue weighted by Crippen LogP contribution is 2.31. The maximum atomic E-state index is 12.9. The molecule has 0 spiro atoms. The van der Waals surface area contributed by atoms with Crippen molar-refractivity contribution < 1.29 is 13.9 Å². The van der Waals surface area contributed by atoms with Crippen LogP contribution in [0.4, 0.5) is 10.1 Å². The Morgan fingerprint density at radius 2 is 2.33 bits per heavy atom. The van der Waals surface area contributed by atoms with Crippen LogP contribution in [0.3, 0.4) is 0 Å². The average Bonchev–Trinajstić information content (AvgIpc) is 2.22. The molecule has 0 aromatic heterocycles. The van der Waals surface area contributed by atoms with Crippen molar-refractivity contribution >= 4 is 11.6 Å². The summed E-state index contributed by atoms with van der Waals surface area (Å²) in [5.41, 5.74) is 0.488. The van der Waals surface area contributed by atoms with Gasteiger partial charge in [-0.15, -0.1) is 0 Å². The second kappa shape index (κ2) is 3.62. The fraction of sp³-hybridized carbons (Fsp3) is 0.182. The van der Waals surface area contributed by atoms with Gasteiger partial charge in [-0.1, -0.05) is 5.92 Å². The number of fused-ring (bicyclic) bond motifs is 1. The first-order chi connectivity index (χ1) is 7.22. The van der Waals surface area contributed by atoms with Crippen molar-refractivity contribution in [1.82, 2.24) is 0 Å². The summed E-state index contributed by atoms with van der Waals surface area (Å²) in [6, 6.07) is 6.63. The molecular weight excluding hydrogens is 197 g/mol. The van der Waals surface area contributed by atoms with E-state index >= 15 is 0 Å². The van der Waals surface area contributed by atoms with Gasteiger partial charge in [0.1, 0.15) is 11.6 Å². The van der Waals surface area contributed by atoms with Gasteiger partial charge < -0.3 is 4.74 Å². The van der Waals surface area contributed by atoms with E-state index in [0.29, 0.717) is 11.4 Å². The Labute approximate surface area is 86.4 Å². The fourth-order valence-electron chi connectivity index (χ4n) is 1.36. The van der Waals surface area contributed by atoms with Crippen molar-refractivity contribution in [1.29, 1.82) is 0 Å². The highest BCUT2D eigenvalue weighted by Gasteiger charge is 2.24. The molecule has 3 nitrogen and oxygen atoms in total. The van der Waals surface area contributed by atoms with E-state index in [9.17, 15) is 9.18 Å². The molecule has 0 bridgehead atoms. The van der Waals surface area contributed by atoms with Gasteiger partial charge in [0.25, 0.3) is 5.91 Å². The third-order valence-electron chi connectivity index (χ3n) is 1.99. The first-order valence-corrected chi connectivity index (χ1v) is 4.40. The molecular formula is C11H8FNO2. The zero-order valence-corrected chi connectivity index (χ0v) is 8.08. The van der Waals surface area contributed by atoms with E-state index in [2.05, 4.69) is 12.0 Å². The lowest BCUT2D eigenvalue weighted by atomic mass is 10.2. The lowest BCUT2D eigenvalue weighted by molar-refractivity contribution is -0.120. The number of benzene rings is 1. The number of carbonyl (C=O) groups excluding carboxylic acids is 1. The predicted octanol–water partition coefficient (Wildman–Crippen LogP) is 1.53. The van der Waals surface area contributed by atoms with E-state index in [1.165, 1.54) is 23.1 Å². The summed E-state index contributed by atoms with van der Waals surface area (Å²) in [6.45, 7) is 1.52. The van der Waals surface area contributed by atoms with Gasteiger partial charge in [-0.05, 0) is 19.1 Å². The Balaban J connectivity index is 2.51. The second-order valence-electron chi connectivity index (χ2n) is 2.99. The topological polar surface area (TPSA) is 29.5 Å². The molecule has 0 aliphatic carbocycles. The number of rotatable bonds is 0. The minimum Gasteiger partial charge on any atom is -0.481 e. The van der Waals surface area contributed by atoms with Crippen LogP contribution < -0.4 is 9.64 Å². The Hall–Kier alpha value is -2.02. The molecule has 0 atom stereocenters. The standard InChI is InChI=1S/C11H8FNO2/c1-2-5-13-9-4-3-8(12)6-10(9)15-7-11(13)14/h3-4,6H,7H2,1H3. The van der Waals surface area contributed by atoms with Crippen molar-refractivity contribution in [2.45, 2.75) is 6.92 Å². The number of carbonyl (C=O) groups is 1. The molecule has 1 aliphatic rings. The van der Waals surface area contributed by atoms with Crippen molar-refractivity contribution in [3.05, 3.63) is 24.0 Å². The first-order valence-electron chi connectivity index (χ1n) is 4.40. The SMILES string of the molecule is CC#CN1C(=O)COc2cc(F)ccc21.